The summed E-state index contributed by atoms with van der Waals surface area (Å²) < 4.78 is 38.8. The second-order valence-electron chi connectivity index (χ2n) is 6.02. The molecule has 12 heteroatoms. The van der Waals surface area contributed by atoms with Crippen LogP contribution < -0.4 is 5.32 Å². The van der Waals surface area contributed by atoms with Gasteiger partial charge in [-0.1, -0.05) is 29.8 Å². The van der Waals surface area contributed by atoms with Crippen LogP contribution in [-0.4, -0.2) is 47.5 Å². The summed E-state index contributed by atoms with van der Waals surface area (Å²) in [5, 5.41) is 21.7. The maximum atomic E-state index is 12.6. The average molecular weight is 395 g/mol. The lowest BCUT2D eigenvalue weighted by Gasteiger charge is -2.12. The predicted octanol–water partition coefficient (Wildman–Crippen LogP) is 1.48. The lowest BCUT2D eigenvalue weighted by molar-refractivity contribution is -0.144. The van der Waals surface area contributed by atoms with Gasteiger partial charge in [0.1, 0.15) is 5.82 Å². The summed E-state index contributed by atoms with van der Waals surface area (Å²) >= 11 is 0. The van der Waals surface area contributed by atoms with Crippen LogP contribution in [0.15, 0.2) is 24.3 Å². The van der Waals surface area contributed by atoms with Crippen molar-refractivity contribution < 1.29 is 23.1 Å². The summed E-state index contributed by atoms with van der Waals surface area (Å²) in [7, 11) is 0. The number of aliphatic hydroxyl groups excluding tert-OH is 1. The third kappa shape index (κ3) is 4.17. The predicted molar refractivity (Wildman–Crippen MR) is 89.5 cm³/mol. The van der Waals surface area contributed by atoms with Gasteiger partial charge in [0.15, 0.2) is 0 Å². The van der Waals surface area contributed by atoms with Gasteiger partial charge in [-0.2, -0.15) is 22.8 Å². The number of hydrogen-bond donors (Lipinski definition) is 3. The molecule has 148 valence electrons. The van der Waals surface area contributed by atoms with Crippen LogP contribution in [0.3, 0.4) is 0 Å². The van der Waals surface area contributed by atoms with Gasteiger partial charge in [-0.05, 0) is 19.4 Å². The second kappa shape index (κ2) is 7.38. The standard InChI is InChI=1S/C16H16F3N7O2/c1-8-4-3-5-10(6-8)11(27)7-20-13(28)12-21-9(2)26(25-12)15-22-14(23-24-15)16(17,18)19/h3-6,11,27H,7H2,1-2H3,(H,20,28)(H,22,23,24). The van der Waals surface area contributed by atoms with Gasteiger partial charge < -0.3 is 10.4 Å². The van der Waals surface area contributed by atoms with Crippen LogP contribution >= 0.6 is 0 Å². The number of nitrogens with zero attached hydrogens (tertiary/aromatic N) is 5. The van der Waals surface area contributed by atoms with Crippen molar-refractivity contribution in [3.63, 3.8) is 0 Å². The fourth-order valence-corrected chi connectivity index (χ4v) is 2.41. The molecule has 2 heterocycles. The molecule has 0 saturated carbocycles. The Bertz CT molecular complexity index is 996. The van der Waals surface area contributed by atoms with Crippen molar-refractivity contribution in [1.29, 1.82) is 0 Å². The summed E-state index contributed by atoms with van der Waals surface area (Å²) in [4.78, 5) is 19.4. The van der Waals surface area contributed by atoms with E-state index in [9.17, 15) is 23.1 Å². The molecular formula is C16H16F3N7O2. The van der Waals surface area contributed by atoms with Crippen molar-refractivity contribution in [1.82, 2.24) is 35.3 Å². The van der Waals surface area contributed by atoms with Gasteiger partial charge in [0.25, 0.3) is 11.9 Å². The molecule has 2 aromatic heterocycles. The van der Waals surface area contributed by atoms with E-state index in [2.05, 4.69) is 25.5 Å². The first-order valence-corrected chi connectivity index (χ1v) is 8.11. The number of aliphatic hydroxyl groups is 1. The number of aromatic nitrogens is 6. The van der Waals surface area contributed by atoms with E-state index in [1.54, 1.807) is 23.3 Å². The van der Waals surface area contributed by atoms with Crippen molar-refractivity contribution in [2.75, 3.05) is 6.54 Å². The molecule has 0 saturated heterocycles. The first-order chi connectivity index (χ1) is 13.1. The fraction of sp³-hybridized carbons (Fsp3) is 0.312. The van der Waals surface area contributed by atoms with Crippen LogP contribution in [0.4, 0.5) is 13.2 Å². The Hall–Kier alpha value is -3.28. The van der Waals surface area contributed by atoms with Crippen molar-refractivity contribution in [3.05, 3.63) is 52.9 Å². The fourth-order valence-electron chi connectivity index (χ4n) is 2.41. The Kier molecular flexibility index (Phi) is 5.14. The van der Waals surface area contributed by atoms with Gasteiger partial charge in [-0.25, -0.2) is 4.98 Å². The van der Waals surface area contributed by atoms with Gasteiger partial charge in [0.05, 0.1) is 6.10 Å². The number of amides is 1. The number of nitrogens with one attached hydrogen (secondary N) is 2. The zero-order chi connectivity index (χ0) is 20.5. The SMILES string of the molecule is Cc1cccc(C(O)CNC(=O)c2nc(C)n(-c3n[nH]c(C(F)(F)F)n3)n2)c1. The molecule has 0 aliphatic rings. The highest BCUT2D eigenvalue weighted by Crippen LogP contribution is 2.26. The lowest BCUT2D eigenvalue weighted by atomic mass is 10.1. The van der Waals surface area contributed by atoms with E-state index in [4.69, 9.17) is 0 Å². The van der Waals surface area contributed by atoms with E-state index in [0.717, 1.165) is 10.2 Å². The molecule has 1 unspecified atom stereocenters. The summed E-state index contributed by atoms with van der Waals surface area (Å²) in [6.45, 7) is 3.23. The molecule has 3 aromatic rings. The van der Waals surface area contributed by atoms with Gasteiger partial charge in [-0.15, -0.1) is 10.2 Å². The molecule has 3 rings (SSSR count). The van der Waals surface area contributed by atoms with Gasteiger partial charge in [0.2, 0.25) is 11.6 Å². The molecule has 1 atom stereocenters. The van der Waals surface area contributed by atoms with E-state index >= 15 is 0 Å². The zero-order valence-electron chi connectivity index (χ0n) is 14.8. The maximum Gasteiger partial charge on any atom is 0.451 e. The van der Waals surface area contributed by atoms with Crippen LogP contribution in [0.25, 0.3) is 5.95 Å². The number of alkyl halides is 3. The van der Waals surface area contributed by atoms with Crippen LogP contribution in [0, 0.1) is 13.8 Å². The van der Waals surface area contributed by atoms with E-state index in [0.29, 0.717) is 5.56 Å². The topological polar surface area (TPSA) is 122 Å². The van der Waals surface area contributed by atoms with Crippen molar-refractivity contribution in [2.45, 2.75) is 26.1 Å². The third-order valence-electron chi connectivity index (χ3n) is 3.79. The molecule has 0 spiro atoms. The molecule has 3 N–H and O–H groups in total. The minimum absolute atomic E-state index is 0.0885. The number of rotatable bonds is 5. The summed E-state index contributed by atoms with van der Waals surface area (Å²) in [6, 6.07) is 7.17. The summed E-state index contributed by atoms with van der Waals surface area (Å²) in [5.41, 5.74) is 1.60. The molecule has 0 radical (unpaired) electrons. The number of carbonyl (C=O) groups excluding carboxylic acids is 1. The molecule has 1 aromatic carbocycles. The van der Waals surface area contributed by atoms with Crippen LogP contribution in [0.5, 0.6) is 0 Å². The van der Waals surface area contributed by atoms with E-state index in [1.807, 2.05) is 13.0 Å². The van der Waals surface area contributed by atoms with E-state index < -0.39 is 30.0 Å². The molecule has 0 bridgehead atoms. The number of halogens is 3. The van der Waals surface area contributed by atoms with Crippen LogP contribution in [0.2, 0.25) is 0 Å². The highest BCUT2D eigenvalue weighted by molar-refractivity contribution is 5.90. The first-order valence-electron chi connectivity index (χ1n) is 8.11. The number of hydrogen-bond acceptors (Lipinski definition) is 6. The smallest absolute Gasteiger partial charge is 0.387 e. The number of H-pyrrole nitrogens is 1. The molecule has 0 aliphatic carbocycles. The van der Waals surface area contributed by atoms with Crippen molar-refractivity contribution in [3.8, 4) is 5.95 Å². The number of aromatic amines is 1. The first kappa shape index (κ1) is 19.5. The highest BCUT2D eigenvalue weighted by atomic mass is 19.4. The van der Waals surface area contributed by atoms with Crippen molar-refractivity contribution >= 4 is 5.91 Å². The van der Waals surface area contributed by atoms with Gasteiger partial charge in [0, 0.05) is 6.54 Å². The number of carbonyl (C=O) groups is 1. The quantitative estimate of drug-likeness (QED) is 0.602. The molecule has 0 fully saturated rings. The Morgan fingerprint density at radius 2 is 2.07 bits per heavy atom. The van der Waals surface area contributed by atoms with Crippen molar-refractivity contribution in [2.24, 2.45) is 0 Å². The monoisotopic (exact) mass is 395 g/mol. The van der Waals surface area contributed by atoms with Crippen LogP contribution in [0.1, 0.15) is 39.5 Å². The molecule has 28 heavy (non-hydrogen) atoms. The molecule has 1 amide bonds. The normalized spacial score (nSPS) is 12.8. The Labute approximate surface area is 156 Å². The Morgan fingerprint density at radius 3 is 2.71 bits per heavy atom. The molecular weight excluding hydrogens is 379 g/mol. The molecule has 0 aliphatic heterocycles. The molecule has 9 nitrogen and oxygen atoms in total. The third-order valence-corrected chi connectivity index (χ3v) is 3.79. The maximum absolute atomic E-state index is 12.6. The van der Waals surface area contributed by atoms with E-state index in [-0.39, 0.29) is 18.2 Å². The van der Waals surface area contributed by atoms with Gasteiger partial charge >= 0.3 is 6.18 Å². The Morgan fingerprint density at radius 1 is 1.32 bits per heavy atom. The second-order valence-corrected chi connectivity index (χ2v) is 6.02. The summed E-state index contributed by atoms with van der Waals surface area (Å²) in [5.74, 6) is -2.54. The number of aryl methyl sites for hydroxylation is 2. The average Bonchev–Trinajstić information content (AvgIpc) is 3.25. The summed E-state index contributed by atoms with van der Waals surface area (Å²) in [6.07, 6.45) is -5.62. The van der Waals surface area contributed by atoms with Gasteiger partial charge in [-0.3, -0.25) is 9.89 Å². The number of benzene rings is 1. The minimum atomic E-state index is -4.69. The minimum Gasteiger partial charge on any atom is -0.387 e. The van der Waals surface area contributed by atoms with E-state index in [1.165, 1.54) is 6.92 Å². The zero-order valence-corrected chi connectivity index (χ0v) is 14.8. The largest absolute Gasteiger partial charge is 0.451 e. The highest BCUT2D eigenvalue weighted by Gasteiger charge is 2.35. The Balaban J connectivity index is 1.70. The lowest BCUT2D eigenvalue weighted by Crippen LogP contribution is -2.29. The van der Waals surface area contributed by atoms with Crippen LogP contribution in [-0.2, 0) is 6.18 Å².